The van der Waals surface area contributed by atoms with Crippen molar-refractivity contribution in [2.75, 3.05) is 20.2 Å². The highest BCUT2D eigenvalue weighted by atomic mass is 16.5. The molecule has 1 aliphatic rings. The lowest BCUT2D eigenvalue weighted by Gasteiger charge is -2.23. The van der Waals surface area contributed by atoms with Crippen LogP contribution in [0.25, 0.3) is 0 Å². The first-order valence-corrected chi connectivity index (χ1v) is 7.01. The highest BCUT2D eigenvalue weighted by molar-refractivity contribution is 5.91. The van der Waals surface area contributed by atoms with Crippen molar-refractivity contribution in [3.8, 4) is 0 Å². The first-order valence-electron chi connectivity index (χ1n) is 7.01. The van der Waals surface area contributed by atoms with Crippen molar-refractivity contribution in [2.45, 2.75) is 33.1 Å². The van der Waals surface area contributed by atoms with E-state index in [0.29, 0.717) is 5.56 Å². The molecule has 0 bridgehead atoms. The molecule has 3 nitrogen and oxygen atoms in total. The zero-order chi connectivity index (χ0) is 13.8. The van der Waals surface area contributed by atoms with Gasteiger partial charge in [0.15, 0.2) is 0 Å². The van der Waals surface area contributed by atoms with E-state index in [1.165, 1.54) is 31.1 Å². The Labute approximate surface area is 115 Å². The number of benzene rings is 1. The van der Waals surface area contributed by atoms with E-state index in [1.807, 2.05) is 13.0 Å². The summed E-state index contributed by atoms with van der Waals surface area (Å²) >= 11 is 0. The molecule has 1 saturated heterocycles. The Balaban J connectivity index is 2.21. The van der Waals surface area contributed by atoms with Gasteiger partial charge in [-0.15, -0.1) is 0 Å². The maximum absolute atomic E-state index is 11.8. The second-order valence-electron chi connectivity index (χ2n) is 5.48. The molecule has 0 amide bonds. The minimum atomic E-state index is -0.232. The maximum Gasteiger partial charge on any atom is 0.338 e. The molecular weight excluding hydrogens is 238 g/mol. The minimum absolute atomic E-state index is 0.232. The number of esters is 1. The molecule has 1 N–H and O–H groups in total. The van der Waals surface area contributed by atoms with Gasteiger partial charge in [0.2, 0.25) is 0 Å². The molecule has 0 radical (unpaired) electrons. The van der Waals surface area contributed by atoms with Crippen LogP contribution < -0.4 is 5.32 Å². The number of carbonyl (C=O) groups excluding carboxylic acids is 1. The van der Waals surface area contributed by atoms with Crippen molar-refractivity contribution >= 4 is 5.97 Å². The van der Waals surface area contributed by atoms with E-state index in [4.69, 9.17) is 4.74 Å². The Morgan fingerprint density at radius 3 is 2.58 bits per heavy atom. The average molecular weight is 261 g/mol. The van der Waals surface area contributed by atoms with Crippen LogP contribution in [0.2, 0.25) is 0 Å². The summed E-state index contributed by atoms with van der Waals surface area (Å²) in [6.07, 6.45) is 3.51. The zero-order valence-corrected chi connectivity index (χ0v) is 12.1. The van der Waals surface area contributed by atoms with E-state index in [2.05, 4.69) is 18.3 Å². The van der Waals surface area contributed by atoms with E-state index in [0.717, 1.165) is 31.0 Å². The largest absolute Gasteiger partial charge is 0.465 e. The van der Waals surface area contributed by atoms with Gasteiger partial charge in [0.1, 0.15) is 0 Å². The van der Waals surface area contributed by atoms with Crippen molar-refractivity contribution in [3.05, 3.63) is 34.4 Å². The summed E-state index contributed by atoms with van der Waals surface area (Å²) in [5.74, 6) is 0.497. The summed E-state index contributed by atoms with van der Waals surface area (Å²) in [6.45, 7) is 6.32. The van der Waals surface area contributed by atoms with E-state index in [-0.39, 0.29) is 5.97 Å². The summed E-state index contributed by atoms with van der Waals surface area (Å²) in [6, 6.07) is 4.13. The lowest BCUT2D eigenvalue weighted by Crippen LogP contribution is -2.28. The number of nitrogens with one attached hydrogen (secondary N) is 1. The topological polar surface area (TPSA) is 38.3 Å². The highest BCUT2D eigenvalue weighted by Crippen LogP contribution is 2.23. The van der Waals surface area contributed by atoms with Crippen molar-refractivity contribution in [2.24, 2.45) is 5.92 Å². The van der Waals surface area contributed by atoms with Gasteiger partial charge in [0, 0.05) is 0 Å². The van der Waals surface area contributed by atoms with Crippen molar-refractivity contribution in [1.29, 1.82) is 0 Å². The molecule has 0 aromatic heterocycles. The van der Waals surface area contributed by atoms with Crippen LogP contribution in [-0.4, -0.2) is 26.2 Å². The average Bonchev–Trinajstić information content (AvgIpc) is 2.42. The predicted molar refractivity (Wildman–Crippen MR) is 76.6 cm³/mol. The first-order chi connectivity index (χ1) is 9.11. The number of carbonyl (C=O) groups is 1. The molecule has 0 spiro atoms. The van der Waals surface area contributed by atoms with Crippen LogP contribution in [0.15, 0.2) is 12.1 Å². The summed E-state index contributed by atoms with van der Waals surface area (Å²) in [5, 5.41) is 3.39. The van der Waals surface area contributed by atoms with E-state index in [1.54, 1.807) is 0 Å². The number of hydrogen-bond donors (Lipinski definition) is 1. The summed E-state index contributed by atoms with van der Waals surface area (Å²) in [5.41, 5.74) is 4.28. The number of piperidine rings is 1. The Morgan fingerprint density at radius 2 is 1.95 bits per heavy atom. The lowest BCUT2D eigenvalue weighted by molar-refractivity contribution is 0.0599. The maximum atomic E-state index is 11.8. The lowest BCUT2D eigenvalue weighted by atomic mass is 9.87. The molecule has 0 saturated carbocycles. The minimum Gasteiger partial charge on any atom is -0.465 e. The second kappa shape index (κ2) is 6.20. The molecule has 0 unspecified atom stereocenters. The SMILES string of the molecule is COC(=O)c1cc(CC2CCNCC2)c(C)cc1C. The number of aryl methyl sites for hydroxylation is 2. The molecule has 1 aromatic rings. The fraction of sp³-hybridized carbons (Fsp3) is 0.562. The molecule has 1 aromatic carbocycles. The zero-order valence-electron chi connectivity index (χ0n) is 12.1. The van der Waals surface area contributed by atoms with Crippen LogP contribution in [0, 0.1) is 19.8 Å². The summed E-state index contributed by atoms with van der Waals surface area (Å²) in [4.78, 5) is 11.8. The number of methoxy groups -OCH3 is 1. The number of ether oxygens (including phenoxy) is 1. The molecule has 0 atom stereocenters. The van der Waals surface area contributed by atoms with E-state index < -0.39 is 0 Å². The van der Waals surface area contributed by atoms with Crippen LogP contribution in [0.4, 0.5) is 0 Å². The fourth-order valence-electron chi connectivity index (χ4n) is 2.84. The molecule has 1 aliphatic heterocycles. The Kier molecular flexibility index (Phi) is 4.59. The van der Waals surface area contributed by atoms with Gasteiger partial charge in [0.05, 0.1) is 12.7 Å². The van der Waals surface area contributed by atoms with E-state index in [9.17, 15) is 4.79 Å². The van der Waals surface area contributed by atoms with Crippen LogP contribution in [0.5, 0.6) is 0 Å². The third kappa shape index (κ3) is 3.35. The molecule has 2 rings (SSSR count). The molecule has 19 heavy (non-hydrogen) atoms. The van der Waals surface area contributed by atoms with Gasteiger partial charge in [-0.05, 0) is 74.9 Å². The third-order valence-corrected chi connectivity index (χ3v) is 4.06. The van der Waals surface area contributed by atoms with Gasteiger partial charge >= 0.3 is 5.97 Å². The van der Waals surface area contributed by atoms with E-state index >= 15 is 0 Å². The van der Waals surface area contributed by atoms with Crippen LogP contribution in [0.3, 0.4) is 0 Å². The van der Waals surface area contributed by atoms with Crippen molar-refractivity contribution in [3.63, 3.8) is 0 Å². The van der Waals surface area contributed by atoms with Gasteiger partial charge in [0.25, 0.3) is 0 Å². The Bertz CT molecular complexity index is 462. The van der Waals surface area contributed by atoms with Gasteiger partial charge < -0.3 is 10.1 Å². The number of hydrogen-bond acceptors (Lipinski definition) is 3. The van der Waals surface area contributed by atoms with Crippen LogP contribution >= 0.6 is 0 Å². The van der Waals surface area contributed by atoms with Gasteiger partial charge in [-0.25, -0.2) is 4.79 Å². The summed E-state index contributed by atoms with van der Waals surface area (Å²) in [7, 11) is 1.44. The first kappa shape index (κ1) is 14.1. The van der Waals surface area contributed by atoms with Gasteiger partial charge in [-0.1, -0.05) is 6.07 Å². The summed E-state index contributed by atoms with van der Waals surface area (Å²) < 4.78 is 4.85. The van der Waals surface area contributed by atoms with Crippen molar-refractivity contribution in [1.82, 2.24) is 5.32 Å². The molecule has 0 aliphatic carbocycles. The third-order valence-electron chi connectivity index (χ3n) is 4.06. The van der Waals surface area contributed by atoms with Crippen LogP contribution in [0.1, 0.15) is 39.9 Å². The molecule has 104 valence electrons. The monoisotopic (exact) mass is 261 g/mol. The predicted octanol–water partition coefficient (Wildman–Crippen LogP) is 2.63. The second-order valence-corrected chi connectivity index (χ2v) is 5.48. The smallest absolute Gasteiger partial charge is 0.338 e. The Hall–Kier alpha value is -1.35. The highest BCUT2D eigenvalue weighted by Gasteiger charge is 2.17. The molecule has 3 heteroatoms. The standard InChI is InChI=1S/C16H23NO2/c1-11-8-12(2)15(16(18)19-3)10-14(11)9-13-4-6-17-7-5-13/h8,10,13,17H,4-7,9H2,1-3H3. The molecular formula is C16H23NO2. The van der Waals surface area contributed by atoms with Crippen LogP contribution in [-0.2, 0) is 11.2 Å². The fourth-order valence-corrected chi connectivity index (χ4v) is 2.84. The quantitative estimate of drug-likeness (QED) is 0.850. The Morgan fingerprint density at radius 1 is 1.26 bits per heavy atom. The van der Waals surface area contributed by atoms with Gasteiger partial charge in [-0.3, -0.25) is 0 Å². The normalized spacial score (nSPS) is 16.4. The van der Waals surface area contributed by atoms with Gasteiger partial charge in [-0.2, -0.15) is 0 Å². The molecule has 1 heterocycles. The number of rotatable bonds is 3. The van der Waals surface area contributed by atoms with Crippen molar-refractivity contribution < 1.29 is 9.53 Å². The molecule has 1 fully saturated rings.